The molecule has 0 aliphatic carbocycles. The molecule has 1 unspecified atom stereocenters. The Morgan fingerprint density at radius 3 is 2.24 bits per heavy atom. The van der Waals surface area contributed by atoms with Gasteiger partial charge in [-0.3, -0.25) is 13.9 Å². The van der Waals surface area contributed by atoms with Crippen LogP contribution in [0.4, 0.5) is 5.69 Å². The van der Waals surface area contributed by atoms with E-state index in [1.807, 2.05) is 31.2 Å². The van der Waals surface area contributed by atoms with Crippen LogP contribution in [0, 0.1) is 0 Å². The van der Waals surface area contributed by atoms with Gasteiger partial charge in [-0.2, -0.15) is 0 Å². The summed E-state index contributed by atoms with van der Waals surface area (Å²) in [7, 11) is -4.20. The summed E-state index contributed by atoms with van der Waals surface area (Å²) >= 11 is 15.8. The maximum Gasteiger partial charge on any atom is 0.264 e. The summed E-state index contributed by atoms with van der Waals surface area (Å²) in [6.45, 7) is 3.52. The van der Waals surface area contributed by atoms with Gasteiger partial charge in [0.05, 0.1) is 10.6 Å². The van der Waals surface area contributed by atoms with Crippen molar-refractivity contribution in [3.63, 3.8) is 0 Å². The second kappa shape index (κ2) is 13.5. The molecule has 2 amide bonds. The molecule has 0 heterocycles. The minimum Gasteiger partial charge on any atom is -0.354 e. The number of amides is 2. The lowest BCUT2D eigenvalue weighted by atomic mass is 10.1. The van der Waals surface area contributed by atoms with E-state index in [0.717, 1.165) is 20.8 Å². The molecule has 0 aliphatic heterocycles. The molecule has 0 bridgehead atoms. The first-order valence-corrected chi connectivity index (χ1v) is 14.9. The smallest absolute Gasteiger partial charge is 0.264 e. The van der Waals surface area contributed by atoms with E-state index in [-0.39, 0.29) is 33.1 Å². The Morgan fingerprint density at radius 1 is 0.974 bits per heavy atom. The van der Waals surface area contributed by atoms with E-state index >= 15 is 0 Å². The summed E-state index contributed by atoms with van der Waals surface area (Å²) in [5.41, 5.74) is 0.899. The molecular formula is C27H28BrCl2N3O4S. The number of halogens is 3. The largest absolute Gasteiger partial charge is 0.354 e. The number of carbonyl (C=O) groups excluding carboxylic acids is 2. The molecule has 1 N–H and O–H groups in total. The summed E-state index contributed by atoms with van der Waals surface area (Å²) in [4.78, 5) is 28.1. The van der Waals surface area contributed by atoms with Gasteiger partial charge in [0.1, 0.15) is 12.6 Å². The molecule has 3 rings (SSSR count). The molecule has 38 heavy (non-hydrogen) atoms. The highest BCUT2D eigenvalue weighted by molar-refractivity contribution is 9.10. The molecule has 0 saturated carbocycles. The zero-order chi connectivity index (χ0) is 27.9. The number of sulfonamides is 1. The van der Waals surface area contributed by atoms with Gasteiger partial charge in [0.25, 0.3) is 10.0 Å². The van der Waals surface area contributed by atoms with Gasteiger partial charge < -0.3 is 10.2 Å². The molecule has 0 fully saturated rings. The molecule has 0 spiro atoms. The van der Waals surface area contributed by atoms with Crippen LogP contribution in [0.3, 0.4) is 0 Å². The molecule has 3 aromatic carbocycles. The highest BCUT2D eigenvalue weighted by Gasteiger charge is 2.32. The number of anilines is 1. The van der Waals surface area contributed by atoms with E-state index in [1.165, 1.54) is 35.2 Å². The van der Waals surface area contributed by atoms with Gasteiger partial charge >= 0.3 is 0 Å². The molecule has 3 aromatic rings. The SMILES string of the molecule is CCCNC(=O)C(C)N(Cc1cccc(Br)c1)C(=O)CN(c1cc(Cl)cc(Cl)c1)S(=O)(=O)c1ccccc1. The van der Waals surface area contributed by atoms with E-state index in [2.05, 4.69) is 21.2 Å². The van der Waals surface area contributed by atoms with Crippen molar-refractivity contribution in [1.82, 2.24) is 10.2 Å². The Kier molecular flexibility index (Phi) is 10.6. The third-order valence-electron chi connectivity index (χ3n) is 5.70. The van der Waals surface area contributed by atoms with E-state index in [0.29, 0.717) is 6.54 Å². The Morgan fingerprint density at radius 2 is 1.63 bits per heavy atom. The molecule has 0 saturated heterocycles. The van der Waals surface area contributed by atoms with E-state index in [4.69, 9.17) is 23.2 Å². The quantitative estimate of drug-likeness (QED) is 0.283. The fourth-order valence-corrected chi connectivity index (χ4v) is 6.12. The number of nitrogens with zero attached hydrogens (tertiary/aromatic N) is 2. The van der Waals surface area contributed by atoms with Crippen molar-refractivity contribution in [3.05, 3.63) is 92.9 Å². The maximum atomic E-state index is 13.8. The van der Waals surface area contributed by atoms with Crippen LogP contribution >= 0.6 is 39.1 Å². The Labute approximate surface area is 241 Å². The summed E-state index contributed by atoms with van der Waals surface area (Å²) in [5, 5.41) is 3.24. The monoisotopic (exact) mass is 639 g/mol. The number of hydrogen-bond donors (Lipinski definition) is 1. The molecule has 0 aromatic heterocycles. The average molecular weight is 641 g/mol. The third kappa shape index (κ3) is 7.72. The molecule has 0 radical (unpaired) electrons. The first-order valence-electron chi connectivity index (χ1n) is 11.9. The average Bonchev–Trinajstić information content (AvgIpc) is 2.88. The molecular weight excluding hydrogens is 613 g/mol. The predicted octanol–water partition coefficient (Wildman–Crippen LogP) is 5.89. The maximum absolute atomic E-state index is 13.8. The van der Waals surface area contributed by atoms with E-state index in [9.17, 15) is 18.0 Å². The lowest BCUT2D eigenvalue weighted by Crippen LogP contribution is -2.51. The molecule has 7 nitrogen and oxygen atoms in total. The molecule has 0 aliphatic rings. The number of benzene rings is 3. The van der Waals surface area contributed by atoms with Gasteiger partial charge in [0, 0.05) is 27.6 Å². The second-order valence-electron chi connectivity index (χ2n) is 8.57. The van der Waals surface area contributed by atoms with Crippen molar-refractivity contribution in [2.75, 3.05) is 17.4 Å². The number of rotatable bonds is 11. The highest BCUT2D eigenvalue weighted by atomic mass is 79.9. The number of hydrogen-bond acceptors (Lipinski definition) is 4. The van der Waals surface area contributed by atoms with Gasteiger partial charge in [-0.1, -0.05) is 76.4 Å². The normalized spacial score (nSPS) is 12.0. The van der Waals surface area contributed by atoms with Crippen LogP contribution in [-0.2, 0) is 26.2 Å². The lowest BCUT2D eigenvalue weighted by molar-refractivity contribution is -0.139. The van der Waals surface area contributed by atoms with Gasteiger partial charge in [-0.25, -0.2) is 8.42 Å². The Hall–Kier alpha value is -2.59. The van der Waals surface area contributed by atoms with Gasteiger partial charge in [-0.05, 0) is 61.4 Å². The van der Waals surface area contributed by atoms with E-state index in [1.54, 1.807) is 25.1 Å². The fraction of sp³-hybridized carbons (Fsp3) is 0.259. The predicted molar refractivity (Wildman–Crippen MR) is 155 cm³/mol. The fourth-order valence-electron chi connectivity index (χ4n) is 3.74. The Bertz CT molecular complexity index is 1370. The van der Waals surface area contributed by atoms with Crippen molar-refractivity contribution < 1.29 is 18.0 Å². The summed E-state index contributed by atoms with van der Waals surface area (Å²) in [6, 6.07) is 18.6. The molecule has 202 valence electrons. The van der Waals surface area contributed by atoms with Gasteiger partial charge in [-0.15, -0.1) is 0 Å². The first kappa shape index (κ1) is 30.0. The van der Waals surface area contributed by atoms with Gasteiger partial charge in [0.15, 0.2) is 0 Å². The second-order valence-corrected chi connectivity index (χ2v) is 12.2. The van der Waals surface area contributed by atoms with Crippen LogP contribution in [0.5, 0.6) is 0 Å². The van der Waals surface area contributed by atoms with E-state index < -0.39 is 28.5 Å². The van der Waals surface area contributed by atoms with Crippen LogP contribution in [0.25, 0.3) is 0 Å². The van der Waals surface area contributed by atoms with Crippen molar-refractivity contribution in [2.45, 2.75) is 37.8 Å². The lowest BCUT2D eigenvalue weighted by Gasteiger charge is -2.32. The number of nitrogens with one attached hydrogen (secondary N) is 1. The minimum absolute atomic E-state index is 0.00354. The zero-order valence-electron chi connectivity index (χ0n) is 20.9. The van der Waals surface area contributed by atoms with Crippen LogP contribution in [0.15, 0.2) is 82.2 Å². The third-order valence-corrected chi connectivity index (χ3v) is 8.42. The van der Waals surface area contributed by atoms with Crippen molar-refractivity contribution >= 4 is 66.7 Å². The molecule has 11 heteroatoms. The van der Waals surface area contributed by atoms with Crippen LogP contribution in [-0.4, -0.2) is 44.3 Å². The topological polar surface area (TPSA) is 86.8 Å². The van der Waals surface area contributed by atoms with Gasteiger partial charge in [0.2, 0.25) is 11.8 Å². The minimum atomic E-state index is -4.20. The standard InChI is InChI=1S/C27H28BrCl2N3O4S/c1-3-12-31-27(35)19(2)32(17-20-8-7-9-21(28)13-20)26(34)18-33(24-15-22(29)14-23(30)16-24)38(36,37)25-10-5-4-6-11-25/h4-11,13-16,19H,3,12,17-18H2,1-2H3,(H,31,35). The van der Waals surface area contributed by atoms with Crippen LogP contribution < -0.4 is 9.62 Å². The molecule has 1 atom stereocenters. The summed E-state index contributed by atoms with van der Waals surface area (Å²) in [6.07, 6.45) is 0.733. The van der Waals surface area contributed by atoms with Crippen LogP contribution in [0.2, 0.25) is 10.0 Å². The summed E-state index contributed by atoms with van der Waals surface area (Å²) in [5.74, 6) is -0.904. The van der Waals surface area contributed by atoms with Crippen molar-refractivity contribution in [1.29, 1.82) is 0 Å². The number of carbonyl (C=O) groups is 2. The zero-order valence-corrected chi connectivity index (χ0v) is 24.8. The van der Waals surface area contributed by atoms with Crippen LogP contribution in [0.1, 0.15) is 25.8 Å². The van der Waals surface area contributed by atoms with Crippen molar-refractivity contribution in [2.24, 2.45) is 0 Å². The summed E-state index contributed by atoms with van der Waals surface area (Å²) < 4.78 is 29.3. The first-order chi connectivity index (χ1) is 18.0. The highest BCUT2D eigenvalue weighted by Crippen LogP contribution is 2.30. The Balaban J connectivity index is 2.04. The van der Waals surface area contributed by atoms with Crippen molar-refractivity contribution in [3.8, 4) is 0 Å².